The second kappa shape index (κ2) is 17.8. The molecule has 0 bridgehead atoms. The van der Waals surface area contributed by atoms with Crippen LogP contribution in [0.5, 0.6) is 5.75 Å². The molecule has 1 saturated carbocycles. The molecule has 1 heterocycles. The van der Waals surface area contributed by atoms with Crippen molar-refractivity contribution >= 4 is 17.5 Å². The number of nitrogens with zero attached hydrogens (tertiary/aromatic N) is 3. The van der Waals surface area contributed by atoms with Crippen LogP contribution in [-0.2, 0) is 17.8 Å². The topological polar surface area (TPSA) is 131 Å². The van der Waals surface area contributed by atoms with E-state index in [1.54, 1.807) is 6.07 Å². The SMILES string of the molecule is CC1CC[C@@H](C)C(C)(C)C1.COc1c(CN2CCCC2C(N)=O)cccc1-c1cc(C(=O)NC(Cc2ccccc2)CN(C)C)cc([N+](=O)[O-])c1. The van der Waals surface area contributed by atoms with Gasteiger partial charge in [0.25, 0.3) is 11.6 Å². The Balaban J connectivity index is 0.000000502. The number of nitrogens with one attached hydrogen (secondary N) is 1. The van der Waals surface area contributed by atoms with Crippen LogP contribution in [0.2, 0.25) is 0 Å². The Morgan fingerprint density at radius 3 is 2.39 bits per heavy atom. The van der Waals surface area contributed by atoms with Crippen LogP contribution in [0.25, 0.3) is 11.1 Å². The average molecular weight is 700 g/mol. The van der Waals surface area contributed by atoms with Crippen molar-refractivity contribution in [3.63, 3.8) is 0 Å². The fourth-order valence-corrected chi connectivity index (χ4v) is 7.63. The molecule has 1 aliphatic carbocycles. The standard InChI is InChI=1S/C31H37N5O5.C10H20/c1-34(2)20-25(15-21-9-5-4-6-10-21)33-31(38)24-16-23(17-26(18-24)36(39)40)27-12-7-11-22(29(27)41-3)19-35-14-8-13-28(35)30(32)37;1-8-5-6-9(2)10(3,4)7-8/h4-7,9-12,16-18,25,28H,8,13-15,19-20H2,1-3H3,(H2,32,37)(H,33,38);8-9H,5-7H2,1-4H3/t;8?,9-/m.1/s1. The molecule has 5 rings (SSSR count). The van der Waals surface area contributed by atoms with E-state index >= 15 is 0 Å². The zero-order chi connectivity index (χ0) is 37.3. The van der Waals surface area contributed by atoms with E-state index in [0.29, 0.717) is 48.2 Å². The molecule has 2 amide bonds. The largest absolute Gasteiger partial charge is 0.496 e. The summed E-state index contributed by atoms with van der Waals surface area (Å²) in [6.45, 7) is 11.4. The molecule has 4 atom stereocenters. The minimum atomic E-state index is -0.500. The third-order valence-electron chi connectivity index (χ3n) is 10.6. The first kappa shape index (κ1) is 39.5. The van der Waals surface area contributed by atoms with Crippen molar-refractivity contribution in [3.05, 3.63) is 93.5 Å². The van der Waals surface area contributed by atoms with E-state index in [1.807, 2.05) is 72.4 Å². The Bertz CT molecular complexity index is 1640. The van der Waals surface area contributed by atoms with Crippen LogP contribution in [0, 0.1) is 27.4 Å². The van der Waals surface area contributed by atoms with Crippen LogP contribution < -0.4 is 15.8 Å². The molecule has 3 N–H and O–H groups in total. The highest BCUT2D eigenvalue weighted by Gasteiger charge is 2.32. The van der Waals surface area contributed by atoms with Crippen molar-refractivity contribution in [1.82, 2.24) is 15.1 Å². The van der Waals surface area contributed by atoms with Crippen molar-refractivity contribution in [2.45, 2.75) is 84.8 Å². The van der Waals surface area contributed by atoms with Crippen molar-refractivity contribution in [3.8, 4) is 16.9 Å². The van der Waals surface area contributed by atoms with E-state index < -0.39 is 10.8 Å². The summed E-state index contributed by atoms with van der Waals surface area (Å²) >= 11 is 0. The fourth-order valence-electron chi connectivity index (χ4n) is 7.63. The van der Waals surface area contributed by atoms with Gasteiger partial charge < -0.3 is 20.7 Å². The van der Waals surface area contributed by atoms with Crippen LogP contribution in [0.15, 0.2) is 66.7 Å². The molecule has 3 unspecified atom stereocenters. The van der Waals surface area contributed by atoms with Gasteiger partial charge in [0.2, 0.25) is 5.91 Å². The molecule has 10 heteroatoms. The van der Waals surface area contributed by atoms with Gasteiger partial charge in [-0.3, -0.25) is 24.6 Å². The van der Waals surface area contributed by atoms with Crippen LogP contribution >= 0.6 is 0 Å². The van der Waals surface area contributed by atoms with Gasteiger partial charge >= 0.3 is 0 Å². The molecule has 1 saturated heterocycles. The highest BCUT2D eigenvalue weighted by Crippen LogP contribution is 2.42. The van der Waals surface area contributed by atoms with Gasteiger partial charge in [0.1, 0.15) is 5.75 Å². The number of rotatable bonds is 12. The van der Waals surface area contributed by atoms with Gasteiger partial charge in [-0.15, -0.1) is 0 Å². The maximum atomic E-state index is 13.5. The number of benzene rings is 3. The first-order valence-corrected chi connectivity index (χ1v) is 18.2. The van der Waals surface area contributed by atoms with E-state index in [4.69, 9.17) is 10.5 Å². The lowest BCUT2D eigenvalue weighted by molar-refractivity contribution is -0.384. The molecule has 0 radical (unpaired) electrons. The molecule has 0 aromatic heterocycles. The number of likely N-dealkylation sites (tertiary alicyclic amines) is 1. The minimum absolute atomic E-state index is 0.187. The van der Waals surface area contributed by atoms with E-state index in [2.05, 4.69) is 33.0 Å². The summed E-state index contributed by atoms with van der Waals surface area (Å²) in [7, 11) is 5.41. The molecular formula is C41H57N5O5. The van der Waals surface area contributed by atoms with Crippen LogP contribution in [0.4, 0.5) is 5.69 Å². The van der Waals surface area contributed by atoms with Gasteiger partial charge in [0.15, 0.2) is 0 Å². The predicted molar refractivity (Wildman–Crippen MR) is 204 cm³/mol. The van der Waals surface area contributed by atoms with Gasteiger partial charge in [0.05, 0.1) is 18.1 Å². The maximum absolute atomic E-state index is 13.5. The third-order valence-corrected chi connectivity index (χ3v) is 10.6. The molecule has 3 aromatic rings. The highest BCUT2D eigenvalue weighted by atomic mass is 16.6. The lowest BCUT2D eigenvalue weighted by Crippen LogP contribution is -2.43. The minimum Gasteiger partial charge on any atom is -0.496 e. The van der Waals surface area contributed by atoms with Crippen molar-refractivity contribution in [2.75, 3.05) is 34.3 Å². The first-order valence-electron chi connectivity index (χ1n) is 18.2. The Labute approximate surface area is 303 Å². The number of methoxy groups -OCH3 is 1. The Hall–Kier alpha value is -4.28. The normalized spacial score (nSPS) is 20.6. The van der Waals surface area contributed by atoms with Gasteiger partial charge in [-0.05, 0) is 87.2 Å². The van der Waals surface area contributed by atoms with Gasteiger partial charge in [0, 0.05) is 48.0 Å². The van der Waals surface area contributed by atoms with E-state index in [-0.39, 0.29) is 29.2 Å². The number of carbonyl (C=O) groups is 2. The molecule has 10 nitrogen and oxygen atoms in total. The summed E-state index contributed by atoms with van der Waals surface area (Å²) in [6.07, 6.45) is 6.51. The first-order chi connectivity index (χ1) is 24.2. The summed E-state index contributed by atoms with van der Waals surface area (Å²) in [4.78, 5) is 40.9. The third kappa shape index (κ3) is 10.9. The summed E-state index contributed by atoms with van der Waals surface area (Å²) < 4.78 is 5.79. The molecule has 3 aromatic carbocycles. The quantitative estimate of drug-likeness (QED) is 0.152. The second-order valence-corrected chi connectivity index (χ2v) is 15.5. The molecular weight excluding hydrogens is 642 g/mol. The predicted octanol–water partition coefficient (Wildman–Crippen LogP) is 7.09. The molecule has 51 heavy (non-hydrogen) atoms. The van der Waals surface area contributed by atoms with E-state index in [9.17, 15) is 19.7 Å². The number of nitro benzene ring substituents is 1. The number of likely N-dealkylation sites (N-methyl/N-ethyl adjacent to an activating group) is 1. The molecule has 2 aliphatic rings. The summed E-state index contributed by atoms with van der Waals surface area (Å²) in [5.41, 5.74) is 9.22. The second-order valence-electron chi connectivity index (χ2n) is 15.5. The van der Waals surface area contributed by atoms with Gasteiger partial charge in [-0.2, -0.15) is 0 Å². The van der Waals surface area contributed by atoms with Gasteiger partial charge in [-0.1, -0.05) is 82.6 Å². The zero-order valence-corrected chi connectivity index (χ0v) is 31.5. The van der Waals surface area contributed by atoms with Crippen LogP contribution in [0.3, 0.4) is 0 Å². The Kier molecular flexibility index (Phi) is 13.8. The number of ether oxygens (including phenoxy) is 1. The molecule has 2 fully saturated rings. The van der Waals surface area contributed by atoms with Gasteiger partial charge in [-0.25, -0.2) is 0 Å². The number of para-hydroxylation sites is 1. The smallest absolute Gasteiger partial charge is 0.270 e. The number of primary amides is 1. The number of carbonyl (C=O) groups excluding carboxylic acids is 2. The highest BCUT2D eigenvalue weighted by molar-refractivity contribution is 5.97. The average Bonchev–Trinajstić information content (AvgIpc) is 3.55. The number of hydrogen-bond donors (Lipinski definition) is 2. The lowest BCUT2D eigenvalue weighted by atomic mass is 9.66. The van der Waals surface area contributed by atoms with Crippen molar-refractivity contribution in [2.24, 2.45) is 23.0 Å². The maximum Gasteiger partial charge on any atom is 0.270 e. The fraction of sp³-hybridized carbons (Fsp3) is 0.512. The van der Waals surface area contributed by atoms with Crippen molar-refractivity contribution in [1.29, 1.82) is 0 Å². The van der Waals surface area contributed by atoms with E-state index in [0.717, 1.165) is 35.9 Å². The van der Waals surface area contributed by atoms with Crippen molar-refractivity contribution < 1.29 is 19.2 Å². The Morgan fingerprint density at radius 1 is 1.06 bits per heavy atom. The molecule has 1 aliphatic heterocycles. The number of hydrogen-bond acceptors (Lipinski definition) is 7. The summed E-state index contributed by atoms with van der Waals surface area (Å²) in [6, 6.07) is 19.3. The zero-order valence-electron chi connectivity index (χ0n) is 31.5. The monoisotopic (exact) mass is 699 g/mol. The van der Waals surface area contributed by atoms with Crippen LogP contribution in [0.1, 0.15) is 81.3 Å². The van der Waals surface area contributed by atoms with E-state index in [1.165, 1.54) is 38.5 Å². The number of amides is 2. The Morgan fingerprint density at radius 2 is 1.78 bits per heavy atom. The lowest BCUT2D eigenvalue weighted by Gasteiger charge is -2.39. The molecule has 0 spiro atoms. The number of nitrogens with two attached hydrogens (primary N) is 1. The summed E-state index contributed by atoms with van der Waals surface area (Å²) in [5.74, 6) is 1.68. The number of non-ortho nitro benzene ring substituents is 1. The molecule has 276 valence electrons. The van der Waals surface area contributed by atoms with Crippen LogP contribution in [-0.4, -0.2) is 72.9 Å². The number of nitro groups is 1. The summed E-state index contributed by atoms with van der Waals surface area (Å²) in [5, 5.41) is 15.0.